The number of carbonyl (C=O) groups excluding carboxylic acids is 2. The van der Waals surface area contributed by atoms with Gasteiger partial charge in [0.05, 0.1) is 12.5 Å². The maximum Gasteiger partial charge on any atom is 0.287 e. The van der Waals surface area contributed by atoms with Crippen molar-refractivity contribution < 1.29 is 18.4 Å². The van der Waals surface area contributed by atoms with Gasteiger partial charge < -0.3 is 19.5 Å². The lowest BCUT2D eigenvalue weighted by atomic mass is 10.0. The average molecular weight is 366 g/mol. The lowest BCUT2D eigenvalue weighted by Crippen LogP contribution is -2.50. The number of furan rings is 2. The summed E-state index contributed by atoms with van der Waals surface area (Å²) in [5, 5.41) is 5.71. The highest BCUT2D eigenvalue weighted by Crippen LogP contribution is 2.08. The van der Waals surface area contributed by atoms with Crippen LogP contribution in [0.5, 0.6) is 0 Å². The topological polar surface area (TPSA) is 84.5 Å². The van der Waals surface area contributed by atoms with Crippen molar-refractivity contribution in [3.8, 4) is 0 Å². The summed E-state index contributed by atoms with van der Waals surface area (Å²) in [6.45, 7) is 1.90. The Morgan fingerprint density at radius 3 is 2.30 bits per heavy atom. The minimum atomic E-state index is -0.718. The lowest BCUT2D eigenvalue weighted by Gasteiger charge is -2.21. The van der Waals surface area contributed by atoms with Crippen LogP contribution in [0.4, 0.5) is 0 Å². The Labute approximate surface area is 157 Å². The van der Waals surface area contributed by atoms with E-state index in [0.29, 0.717) is 12.8 Å². The van der Waals surface area contributed by atoms with Gasteiger partial charge in [0.2, 0.25) is 5.91 Å². The van der Waals surface area contributed by atoms with E-state index in [1.165, 1.54) is 6.26 Å². The molecule has 3 aromatic rings. The quantitative estimate of drug-likeness (QED) is 0.642. The molecule has 140 valence electrons. The van der Waals surface area contributed by atoms with Crippen molar-refractivity contribution in [2.24, 2.45) is 0 Å². The third kappa shape index (κ3) is 5.34. The first-order chi connectivity index (χ1) is 13.1. The third-order valence-electron chi connectivity index (χ3n) is 4.13. The molecule has 2 unspecified atom stereocenters. The summed E-state index contributed by atoms with van der Waals surface area (Å²) in [6, 6.07) is 15.6. The first-order valence-electron chi connectivity index (χ1n) is 8.83. The van der Waals surface area contributed by atoms with Crippen molar-refractivity contribution in [1.29, 1.82) is 0 Å². The van der Waals surface area contributed by atoms with Crippen LogP contribution in [0.3, 0.4) is 0 Å². The van der Waals surface area contributed by atoms with Gasteiger partial charge >= 0.3 is 0 Å². The van der Waals surface area contributed by atoms with Crippen molar-refractivity contribution in [1.82, 2.24) is 10.6 Å². The molecule has 0 saturated heterocycles. The summed E-state index contributed by atoms with van der Waals surface area (Å²) < 4.78 is 10.4. The van der Waals surface area contributed by atoms with Gasteiger partial charge in [-0.1, -0.05) is 30.3 Å². The van der Waals surface area contributed by atoms with Crippen molar-refractivity contribution in [3.05, 3.63) is 84.2 Å². The fraction of sp³-hybridized carbons (Fsp3) is 0.238. The molecule has 3 rings (SSSR count). The van der Waals surface area contributed by atoms with E-state index in [2.05, 4.69) is 10.6 Å². The van der Waals surface area contributed by atoms with E-state index in [1.54, 1.807) is 18.4 Å². The number of hydrogen-bond donors (Lipinski definition) is 2. The van der Waals surface area contributed by atoms with Crippen molar-refractivity contribution in [3.63, 3.8) is 0 Å². The molecule has 0 aliphatic heterocycles. The maximum absolute atomic E-state index is 12.8. The summed E-state index contributed by atoms with van der Waals surface area (Å²) in [5.74, 6) is 0.291. The smallest absolute Gasteiger partial charge is 0.287 e. The van der Waals surface area contributed by atoms with Gasteiger partial charge in [-0.05, 0) is 36.8 Å². The average Bonchev–Trinajstić information content (AvgIpc) is 3.35. The van der Waals surface area contributed by atoms with Crippen LogP contribution in [0.25, 0.3) is 0 Å². The monoisotopic (exact) mass is 366 g/mol. The standard InChI is InChI=1S/C21H22N2O4/c1-15(13-17-9-5-11-26-17)22-20(24)18(14-16-7-3-2-4-8-16)23-21(25)19-10-6-12-27-19/h2-12,15,18H,13-14H2,1H3,(H,22,24)(H,23,25). The van der Waals surface area contributed by atoms with Crippen LogP contribution in [-0.2, 0) is 17.6 Å². The molecule has 0 spiro atoms. The number of rotatable bonds is 8. The van der Waals surface area contributed by atoms with E-state index < -0.39 is 11.9 Å². The van der Waals surface area contributed by atoms with Gasteiger partial charge in [0.15, 0.2) is 5.76 Å². The summed E-state index contributed by atoms with van der Waals surface area (Å²) in [7, 11) is 0. The fourth-order valence-corrected chi connectivity index (χ4v) is 2.82. The molecule has 27 heavy (non-hydrogen) atoms. The van der Waals surface area contributed by atoms with Crippen LogP contribution in [0.1, 0.15) is 28.8 Å². The predicted molar refractivity (Wildman–Crippen MR) is 100 cm³/mol. The van der Waals surface area contributed by atoms with E-state index in [-0.39, 0.29) is 17.7 Å². The second-order valence-electron chi connectivity index (χ2n) is 6.39. The number of amides is 2. The Kier molecular flexibility index (Phi) is 6.10. The molecule has 0 aliphatic carbocycles. The number of carbonyl (C=O) groups is 2. The molecule has 0 saturated carbocycles. The normalized spacial score (nSPS) is 12.9. The van der Waals surface area contributed by atoms with Crippen LogP contribution in [-0.4, -0.2) is 23.9 Å². The SMILES string of the molecule is CC(Cc1ccco1)NC(=O)C(Cc1ccccc1)NC(=O)c1ccco1. The molecule has 0 bridgehead atoms. The summed E-state index contributed by atoms with van der Waals surface area (Å²) >= 11 is 0. The Morgan fingerprint density at radius 1 is 0.889 bits per heavy atom. The zero-order valence-electron chi connectivity index (χ0n) is 15.1. The van der Waals surface area contributed by atoms with E-state index in [9.17, 15) is 9.59 Å². The van der Waals surface area contributed by atoms with E-state index >= 15 is 0 Å². The van der Waals surface area contributed by atoms with Crippen LogP contribution in [0.15, 0.2) is 76.0 Å². The third-order valence-corrected chi connectivity index (χ3v) is 4.13. The molecule has 0 aliphatic rings. The second kappa shape index (κ2) is 8.89. The van der Waals surface area contributed by atoms with Crippen molar-refractivity contribution in [2.75, 3.05) is 0 Å². The van der Waals surface area contributed by atoms with Crippen LogP contribution >= 0.6 is 0 Å². The fourth-order valence-electron chi connectivity index (χ4n) is 2.82. The van der Waals surface area contributed by atoms with Crippen molar-refractivity contribution in [2.45, 2.75) is 31.8 Å². The van der Waals surface area contributed by atoms with Gasteiger partial charge in [0.1, 0.15) is 11.8 Å². The first-order valence-corrected chi connectivity index (χ1v) is 8.83. The zero-order chi connectivity index (χ0) is 19.1. The van der Waals surface area contributed by atoms with Crippen molar-refractivity contribution >= 4 is 11.8 Å². The predicted octanol–water partition coefficient (Wildman–Crippen LogP) is 2.96. The summed E-state index contributed by atoms with van der Waals surface area (Å²) in [6.07, 6.45) is 3.98. The first kappa shape index (κ1) is 18.5. The molecule has 2 aromatic heterocycles. The Morgan fingerprint density at radius 2 is 1.63 bits per heavy atom. The maximum atomic E-state index is 12.8. The molecule has 2 amide bonds. The van der Waals surface area contributed by atoms with E-state index in [1.807, 2.05) is 49.4 Å². The minimum Gasteiger partial charge on any atom is -0.469 e. The molecule has 2 atom stereocenters. The highest BCUT2D eigenvalue weighted by molar-refractivity contribution is 5.95. The van der Waals surface area contributed by atoms with Gasteiger partial charge in [0.25, 0.3) is 5.91 Å². The van der Waals surface area contributed by atoms with Crippen LogP contribution in [0.2, 0.25) is 0 Å². The van der Waals surface area contributed by atoms with Gasteiger partial charge in [-0.2, -0.15) is 0 Å². The molecule has 6 heteroatoms. The Balaban J connectivity index is 1.67. The number of hydrogen-bond acceptors (Lipinski definition) is 4. The summed E-state index contributed by atoms with van der Waals surface area (Å²) in [5.41, 5.74) is 0.955. The largest absolute Gasteiger partial charge is 0.469 e. The second-order valence-corrected chi connectivity index (χ2v) is 6.39. The highest BCUT2D eigenvalue weighted by atomic mass is 16.3. The van der Waals surface area contributed by atoms with Gasteiger partial charge in [-0.25, -0.2) is 0 Å². The molecule has 0 radical (unpaired) electrons. The molecule has 0 fully saturated rings. The van der Waals surface area contributed by atoms with E-state index in [0.717, 1.165) is 11.3 Å². The molecular formula is C21H22N2O4. The van der Waals surface area contributed by atoms with Gasteiger partial charge in [0, 0.05) is 18.9 Å². The number of benzene rings is 1. The molecule has 2 N–H and O–H groups in total. The highest BCUT2D eigenvalue weighted by Gasteiger charge is 2.24. The van der Waals surface area contributed by atoms with Gasteiger partial charge in [-0.15, -0.1) is 0 Å². The van der Waals surface area contributed by atoms with Gasteiger partial charge in [-0.3, -0.25) is 9.59 Å². The molecule has 2 heterocycles. The lowest BCUT2D eigenvalue weighted by molar-refractivity contribution is -0.123. The molecule has 1 aromatic carbocycles. The Bertz CT molecular complexity index is 842. The minimum absolute atomic E-state index is 0.137. The molecular weight excluding hydrogens is 344 g/mol. The molecule has 6 nitrogen and oxygen atoms in total. The Hall–Kier alpha value is -3.28. The zero-order valence-corrected chi connectivity index (χ0v) is 15.1. The number of nitrogens with one attached hydrogen (secondary N) is 2. The summed E-state index contributed by atoms with van der Waals surface area (Å²) in [4.78, 5) is 25.2. The van der Waals surface area contributed by atoms with Crippen LogP contribution in [0, 0.1) is 0 Å². The van der Waals surface area contributed by atoms with E-state index in [4.69, 9.17) is 8.83 Å². The van der Waals surface area contributed by atoms with Crippen LogP contribution < -0.4 is 10.6 Å².